The van der Waals surface area contributed by atoms with Crippen molar-refractivity contribution in [1.29, 1.82) is 0 Å². The van der Waals surface area contributed by atoms with Gasteiger partial charge < -0.3 is 10.4 Å². The van der Waals surface area contributed by atoms with Crippen LogP contribution in [-0.4, -0.2) is 10.1 Å². The second-order valence-electron chi connectivity index (χ2n) is 2.97. The quantitative estimate of drug-likeness (QED) is 0.784. The molecule has 0 saturated heterocycles. The van der Waals surface area contributed by atoms with Crippen molar-refractivity contribution in [3.63, 3.8) is 0 Å². The highest BCUT2D eigenvalue weighted by molar-refractivity contribution is 7.17. The summed E-state index contributed by atoms with van der Waals surface area (Å²) in [7, 11) is 0. The van der Waals surface area contributed by atoms with Gasteiger partial charge in [0.05, 0.1) is 6.20 Å². The number of nitrogens with one attached hydrogen (secondary N) is 1. The predicted octanol–water partition coefficient (Wildman–Crippen LogP) is 4.32. The van der Waals surface area contributed by atoms with Crippen molar-refractivity contribution in [2.24, 2.45) is 0 Å². The van der Waals surface area contributed by atoms with Gasteiger partial charge in [-0.05, 0) is 26.0 Å². The monoisotopic (exact) mass is 252 g/mol. The van der Waals surface area contributed by atoms with Crippen LogP contribution in [0, 0.1) is 0 Å². The number of anilines is 1. The zero-order valence-corrected chi connectivity index (χ0v) is 11.6. The van der Waals surface area contributed by atoms with Crippen LogP contribution < -0.4 is 5.32 Å². The smallest absolute Gasteiger partial charge is 0.193 e. The van der Waals surface area contributed by atoms with Crippen molar-refractivity contribution in [3.8, 4) is 5.06 Å². The van der Waals surface area contributed by atoms with Crippen LogP contribution >= 0.6 is 11.3 Å². The highest BCUT2D eigenvalue weighted by Gasteiger charge is 2.00. The van der Waals surface area contributed by atoms with E-state index in [1.54, 1.807) is 6.08 Å². The van der Waals surface area contributed by atoms with Crippen LogP contribution in [0.25, 0.3) is 0 Å². The molecule has 0 fully saturated rings. The summed E-state index contributed by atoms with van der Waals surface area (Å²) in [6.45, 7) is 11.7. The van der Waals surface area contributed by atoms with Gasteiger partial charge in [-0.1, -0.05) is 43.4 Å². The number of hydrogen-bond acceptors (Lipinski definition) is 4. The minimum absolute atomic E-state index is 0.198. The summed E-state index contributed by atoms with van der Waals surface area (Å²) in [6, 6.07) is 0. The Bertz CT molecular complexity index is 405. The summed E-state index contributed by atoms with van der Waals surface area (Å²) in [4.78, 5) is 3.99. The standard InChI is InChI=1S/C11H14N2OS.C2H6/c1-4-8(3)6-9(5-2)13-11-12-7-10(14)15-11;1-2/h4-7,14H,2H2,1,3H3,(H,12,13);1-2H3/b8-4-,9-6+;. The molecule has 0 atom stereocenters. The number of rotatable bonds is 4. The maximum atomic E-state index is 9.13. The van der Waals surface area contributed by atoms with E-state index < -0.39 is 0 Å². The number of aromatic hydroxyl groups is 1. The Kier molecular flexibility index (Phi) is 7.80. The fourth-order valence-electron chi connectivity index (χ4n) is 0.922. The first-order chi connectivity index (χ1) is 8.15. The Balaban J connectivity index is 0.00000121. The second kappa shape index (κ2) is 8.58. The van der Waals surface area contributed by atoms with E-state index in [0.29, 0.717) is 5.13 Å². The molecule has 0 aliphatic carbocycles. The molecule has 94 valence electrons. The molecule has 3 nitrogen and oxygen atoms in total. The van der Waals surface area contributed by atoms with E-state index in [1.165, 1.54) is 17.5 Å². The molecule has 17 heavy (non-hydrogen) atoms. The third-order valence-electron chi connectivity index (χ3n) is 1.80. The average Bonchev–Trinajstić information content (AvgIpc) is 2.76. The molecule has 0 amide bonds. The molecule has 1 aromatic rings. The van der Waals surface area contributed by atoms with E-state index in [-0.39, 0.29) is 5.06 Å². The number of nitrogens with zero attached hydrogens (tertiary/aromatic N) is 1. The lowest BCUT2D eigenvalue weighted by atomic mass is 10.2. The van der Waals surface area contributed by atoms with Crippen molar-refractivity contribution >= 4 is 16.5 Å². The lowest BCUT2D eigenvalue weighted by Gasteiger charge is -2.02. The normalized spacial score (nSPS) is 11.5. The van der Waals surface area contributed by atoms with Gasteiger partial charge in [-0.25, -0.2) is 4.98 Å². The Hall–Kier alpha value is -1.55. The van der Waals surface area contributed by atoms with Gasteiger partial charge in [0.2, 0.25) is 0 Å². The largest absolute Gasteiger partial charge is 0.498 e. The Morgan fingerprint density at radius 3 is 2.59 bits per heavy atom. The van der Waals surface area contributed by atoms with Gasteiger partial charge in [-0.2, -0.15) is 0 Å². The molecule has 4 heteroatoms. The molecule has 1 aromatic heterocycles. The zero-order chi connectivity index (χ0) is 13.3. The van der Waals surface area contributed by atoms with E-state index in [0.717, 1.165) is 11.3 Å². The first-order valence-corrected chi connectivity index (χ1v) is 6.36. The van der Waals surface area contributed by atoms with Crippen molar-refractivity contribution in [2.75, 3.05) is 5.32 Å². The molecule has 0 aliphatic rings. The molecule has 0 aliphatic heterocycles. The average molecular weight is 252 g/mol. The van der Waals surface area contributed by atoms with Gasteiger partial charge in [0.1, 0.15) is 0 Å². The maximum absolute atomic E-state index is 9.13. The number of hydrogen-bond donors (Lipinski definition) is 2. The summed E-state index contributed by atoms with van der Waals surface area (Å²) in [6.07, 6.45) is 7.09. The zero-order valence-electron chi connectivity index (χ0n) is 10.8. The molecule has 0 aromatic carbocycles. The summed E-state index contributed by atoms with van der Waals surface area (Å²) < 4.78 is 0. The SMILES string of the molecule is C=C/C(=C\C(C)=C/C)Nc1ncc(O)s1.CC. The summed E-state index contributed by atoms with van der Waals surface area (Å²) in [5.41, 5.74) is 2.00. The van der Waals surface area contributed by atoms with Gasteiger partial charge >= 0.3 is 0 Å². The van der Waals surface area contributed by atoms with Crippen molar-refractivity contribution in [1.82, 2.24) is 4.98 Å². The van der Waals surface area contributed by atoms with Crippen molar-refractivity contribution in [2.45, 2.75) is 27.7 Å². The van der Waals surface area contributed by atoms with Gasteiger partial charge in [-0.3, -0.25) is 0 Å². The van der Waals surface area contributed by atoms with E-state index in [2.05, 4.69) is 16.9 Å². The molecule has 1 heterocycles. The molecule has 0 spiro atoms. The van der Waals surface area contributed by atoms with Crippen LogP contribution in [-0.2, 0) is 0 Å². The molecular formula is C13H20N2OS. The fourth-order valence-corrected chi connectivity index (χ4v) is 1.50. The number of thiazole rings is 1. The summed E-state index contributed by atoms with van der Waals surface area (Å²) in [5, 5.41) is 13.0. The molecule has 0 saturated carbocycles. The van der Waals surface area contributed by atoms with Crippen LogP contribution in [0.3, 0.4) is 0 Å². The van der Waals surface area contributed by atoms with Crippen molar-refractivity contribution < 1.29 is 5.11 Å². The lowest BCUT2D eigenvalue weighted by Crippen LogP contribution is -1.95. The molecular weight excluding hydrogens is 232 g/mol. The molecule has 0 bridgehead atoms. The van der Waals surface area contributed by atoms with Gasteiger partial charge in [0, 0.05) is 5.70 Å². The third kappa shape index (κ3) is 5.92. The minimum Gasteiger partial charge on any atom is -0.498 e. The fraction of sp³-hybridized carbons (Fsp3) is 0.308. The van der Waals surface area contributed by atoms with Crippen LogP contribution in [0.5, 0.6) is 5.06 Å². The number of aromatic nitrogens is 1. The first-order valence-electron chi connectivity index (χ1n) is 5.54. The topological polar surface area (TPSA) is 45.2 Å². The maximum Gasteiger partial charge on any atom is 0.193 e. The highest BCUT2D eigenvalue weighted by Crippen LogP contribution is 2.24. The second-order valence-corrected chi connectivity index (χ2v) is 3.97. The summed E-state index contributed by atoms with van der Waals surface area (Å²) in [5.74, 6) is 0. The van der Waals surface area contributed by atoms with Crippen LogP contribution in [0.1, 0.15) is 27.7 Å². The van der Waals surface area contributed by atoms with Crippen LogP contribution in [0.4, 0.5) is 5.13 Å². The van der Waals surface area contributed by atoms with E-state index >= 15 is 0 Å². The van der Waals surface area contributed by atoms with Gasteiger partial charge in [-0.15, -0.1) is 0 Å². The molecule has 2 N–H and O–H groups in total. The Labute approximate surface area is 107 Å². The highest BCUT2D eigenvalue weighted by atomic mass is 32.1. The van der Waals surface area contributed by atoms with E-state index in [1.807, 2.05) is 39.8 Å². The molecule has 0 unspecified atom stereocenters. The third-order valence-corrected chi connectivity index (χ3v) is 2.52. The predicted molar refractivity (Wildman–Crippen MR) is 76.5 cm³/mol. The van der Waals surface area contributed by atoms with Crippen LogP contribution in [0.15, 0.2) is 42.3 Å². The summed E-state index contributed by atoms with van der Waals surface area (Å²) >= 11 is 1.19. The van der Waals surface area contributed by atoms with E-state index in [4.69, 9.17) is 5.11 Å². The van der Waals surface area contributed by atoms with Gasteiger partial charge in [0.25, 0.3) is 0 Å². The van der Waals surface area contributed by atoms with Gasteiger partial charge in [0.15, 0.2) is 10.2 Å². The Morgan fingerprint density at radius 1 is 1.53 bits per heavy atom. The molecule has 0 radical (unpaired) electrons. The molecule has 1 rings (SSSR count). The first kappa shape index (κ1) is 15.4. The lowest BCUT2D eigenvalue weighted by molar-refractivity contribution is 0.489. The van der Waals surface area contributed by atoms with E-state index in [9.17, 15) is 0 Å². The Morgan fingerprint density at radius 2 is 2.18 bits per heavy atom. The minimum atomic E-state index is 0.198. The number of allylic oxidation sites excluding steroid dienone is 4. The van der Waals surface area contributed by atoms with Crippen molar-refractivity contribution in [3.05, 3.63) is 42.3 Å². The van der Waals surface area contributed by atoms with Crippen LogP contribution in [0.2, 0.25) is 0 Å².